The van der Waals surface area contributed by atoms with Crippen molar-refractivity contribution in [2.24, 2.45) is 0 Å². The smallest absolute Gasteiger partial charge is 0.142 e. The van der Waals surface area contributed by atoms with Gasteiger partial charge in [-0.2, -0.15) is 5.26 Å². The number of aryl methyl sites for hydroxylation is 1. The number of rotatable bonds is 3. The SMILES string of the molecule is Cc1ccc2c(c1)CC(COc1ccc(C#N)cc1N)O2. The zero-order valence-electron chi connectivity index (χ0n) is 11.8. The zero-order valence-corrected chi connectivity index (χ0v) is 11.8. The average Bonchev–Trinajstić information content (AvgIpc) is 2.87. The van der Waals surface area contributed by atoms with Gasteiger partial charge in [0, 0.05) is 6.42 Å². The van der Waals surface area contributed by atoms with Crippen LogP contribution in [0, 0.1) is 18.3 Å². The van der Waals surface area contributed by atoms with E-state index in [2.05, 4.69) is 13.0 Å². The lowest BCUT2D eigenvalue weighted by Gasteiger charge is -2.13. The molecule has 0 amide bonds. The second-order valence-electron chi connectivity index (χ2n) is 5.23. The molecular formula is C17H16N2O2. The molecule has 21 heavy (non-hydrogen) atoms. The van der Waals surface area contributed by atoms with Crippen molar-refractivity contribution in [3.8, 4) is 17.6 Å². The number of nitrogens with two attached hydrogens (primary N) is 1. The minimum atomic E-state index is -0.00292. The third-order valence-electron chi connectivity index (χ3n) is 3.52. The lowest BCUT2D eigenvalue weighted by molar-refractivity contribution is 0.149. The van der Waals surface area contributed by atoms with Crippen LogP contribution in [0.2, 0.25) is 0 Å². The van der Waals surface area contributed by atoms with Crippen LogP contribution in [0.5, 0.6) is 11.5 Å². The molecule has 1 unspecified atom stereocenters. The predicted octanol–water partition coefficient (Wildman–Crippen LogP) is 2.83. The Hall–Kier alpha value is -2.67. The first-order chi connectivity index (χ1) is 10.2. The first-order valence-corrected chi connectivity index (χ1v) is 6.84. The fourth-order valence-corrected chi connectivity index (χ4v) is 2.47. The highest BCUT2D eigenvalue weighted by atomic mass is 16.5. The molecule has 3 rings (SSSR count). The van der Waals surface area contributed by atoms with Crippen LogP contribution >= 0.6 is 0 Å². The van der Waals surface area contributed by atoms with Gasteiger partial charge in [0.15, 0.2) is 0 Å². The molecule has 0 spiro atoms. The molecule has 0 aromatic heterocycles. The molecular weight excluding hydrogens is 264 g/mol. The summed E-state index contributed by atoms with van der Waals surface area (Å²) in [6.45, 7) is 2.51. The van der Waals surface area contributed by atoms with Crippen LogP contribution < -0.4 is 15.2 Å². The van der Waals surface area contributed by atoms with Crippen molar-refractivity contribution in [2.45, 2.75) is 19.4 Å². The summed E-state index contributed by atoms with van der Waals surface area (Å²) >= 11 is 0. The van der Waals surface area contributed by atoms with E-state index in [0.717, 1.165) is 12.2 Å². The van der Waals surface area contributed by atoms with Crippen molar-refractivity contribution in [3.63, 3.8) is 0 Å². The second-order valence-corrected chi connectivity index (χ2v) is 5.23. The van der Waals surface area contributed by atoms with Crippen molar-refractivity contribution in [1.29, 1.82) is 5.26 Å². The van der Waals surface area contributed by atoms with Crippen molar-refractivity contribution >= 4 is 5.69 Å². The number of anilines is 1. The molecule has 106 valence electrons. The molecule has 4 nitrogen and oxygen atoms in total. The fraction of sp³-hybridized carbons (Fsp3) is 0.235. The molecule has 4 heteroatoms. The molecule has 0 radical (unpaired) electrons. The summed E-state index contributed by atoms with van der Waals surface area (Å²) in [4.78, 5) is 0. The van der Waals surface area contributed by atoms with Crippen LogP contribution in [0.3, 0.4) is 0 Å². The van der Waals surface area contributed by atoms with E-state index in [4.69, 9.17) is 20.5 Å². The van der Waals surface area contributed by atoms with Gasteiger partial charge in [-0.05, 0) is 36.8 Å². The fourth-order valence-electron chi connectivity index (χ4n) is 2.47. The number of hydrogen-bond donors (Lipinski definition) is 1. The van der Waals surface area contributed by atoms with Gasteiger partial charge in [0.25, 0.3) is 0 Å². The Morgan fingerprint density at radius 3 is 2.95 bits per heavy atom. The van der Waals surface area contributed by atoms with E-state index in [-0.39, 0.29) is 6.10 Å². The van der Waals surface area contributed by atoms with Gasteiger partial charge in [0.1, 0.15) is 24.2 Å². The molecule has 1 aliphatic heterocycles. The topological polar surface area (TPSA) is 68.3 Å². The number of ether oxygens (including phenoxy) is 2. The molecule has 0 bridgehead atoms. The van der Waals surface area contributed by atoms with E-state index in [1.165, 1.54) is 11.1 Å². The number of nitrogens with zero attached hydrogens (tertiary/aromatic N) is 1. The summed E-state index contributed by atoms with van der Waals surface area (Å²) in [5.41, 5.74) is 9.32. The summed E-state index contributed by atoms with van der Waals surface area (Å²) in [5, 5.41) is 8.81. The van der Waals surface area contributed by atoms with E-state index in [9.17, 15) is 0 Å². The van der Waals surface area contributed by atoms with Crippen LogP contribution in [-0.4, -0.2) is 12.7 Å². The minimum Gasteiger partial charge on any atom is -0.488 e. The number of benzene rings is 2. The number of fused-ring (bicyclic) bond motifs is 1. The summed E-state index contributed by atoms with van der Waals surface area (Å²) in [7, 11) is 0. The molecule has 1 aliphatic rings. The number of hydrogen-bond acceptors (Lipinski definition) is 4. The van der Waals surface area contributed by atoms with Gasteiger partial charge < -0.3 is 15.2 Å². The Labute approximate surface area is 123 Å². The van der Waals surface area contributed by atoms with E-state index >= 15 is 0 Å². The molecule has 2 N–H and O–H groups in total. The summed E-state index contributed by atoms with van der Waals surface area (Å²) in [5.74, 6) is 1.52. The molecule has 1 heterocycles. The average molecular weight is 280 g/mol. The third kappa shape index (κ3) is 2.77. The highest BCUT2D eigenvalue weighted by Gasteiger charge is 2.23. The molecule has 2 aromatic carbocycles. The Balaban J connectivity index is 1.64. The van der Waals surface area contributed by atoms with Gasteiger partial charge in [-0.3, -0.25) is 0 Å². The second kappa shape index (κ2) is 5.37. The quantitative estimate of drug-likeness (QED) is 0.878. The van der Waals surface area contributed by atoms with Crippen LogP contribution in [0.25, 0.3) is 0 Å². The largest absolute Gasteiger partial charge is 0.488 e. The standard InChI is InChI=1S/C17H16N2O2/c1-11-2-4-16-13(6-11)8-14(21-16)10-20-17-5-3-12(9-18)7-15(17)19/h2-7,14H,8,10,19H2,1H3. The summed E-state index contributed by atoms with van der Waals surface area (Å²) < 4.78 is 11.6. The first-order valence-electron chi connectivity index (χ1n) is 6.84. The van der Waals surface area contributed by atoms with Gasteiger partial charge in [-0.1, -0.05) is 17.7 Å². The van der Waals surface area contributed by atoms with Crippen molar-refractivity contribution in [2.75, 3.05) is 12.3 Å². The van der Waals surface area contributed by atoms with Crippen molar-refractivity contribution < 1.29 is 9.47 Å². The predicted molar refractivity (Wildman–Crippen MR) is 80.4 cm³/mol. The molecule has 1 atom stereocenters. The maximum absolute atomic E-state index is 8.81. The highest BCUT2D eigenvalue weighted by Crippen LogP contribution is 2.30. The van der Waals surface area contributed by atoms with Crippen LogP contribution in [-0.2, 0) is 6.42 Å². The minimum absolute atomic E-state index is 0.00292. The van der Waals surface area contributed by atoms with E-state index < -0.39 is 0 Å². The normalized spacial score (nSPS) is 15.9. The summed E-state index contributed by atoms with van der Waals surface area (Å²) in [6, 6.07) is 13.3. The van der Waals surface area contributed by atoms with Gasteiger partial charge in [-0.15, -0.1) is 0 Å². The number of nitriles is 1. The van der Waals surface area contributed by atoms with Gasteiger partial charge in [-0.25, -0.2) is 0 Å². The Kier molecular flexibility index (Phi) is 3.41. The molecule has 0 aliphatic carbocycles. The summed E-state index contributed by atoms with van der Waals surface area (Å²) in [6.07, 6.45) is 0.838. The third-order valence-corrected chi connectivity index (χ3v) is 3.52. The van der Waals surface area contributed by atoms with Gasteiger partial charge in [0.2, 0.25) is 0 Å². The van der Waals surface area contributed by atoms with Crippen molar-refractivity contribution in [3.05, 3.63) is 53.1 Å². The van der Waals surface area contributed by atoms with E-state index in [1.54, 1.807) is 18.2 Å². The molecule has 0 saturated heterocycles. The van der Waals surface area contributed by atoms with Crippen LogP contribution in [0.4, 0.5) is 5.69 Å². The monoisotopic (exact) mass is 280 g/mol. The van der Waals surface area contributed by atoms with Crippen LogP contribution in [0.15, 0.2) is 36.4 Å². The molecule has 2 aromatic rings. The lowest BCUT2D eigenvalue weighted by Crippen LogP contribution is -2.22. The Morgan fingerprint density at radius 2 is 2.19 bits per heavy atom. The van der Waals surface area contributed by atoms with Crippen molar-refractivity contribution in [1.82, 2.24) is 0 Å². The number of nitrogen functional groups attached to an aromatic ring is 1. The Bertz CT molecular complexity index is 719. The maximum atomic E-state index is 8.81. The molecule has 0 saturated carbocycles. The molecule has 0 fully saturated rings. The first kappa shape index (κ1) is 13.3. The lowest BCUT2D eigenvalue weighted by atomic mass is 10.1. The van der Waals surface area contributed by atoms with E-state index in [0.29, 0.717) is 23.6 Å². The van der Waals surface area contributed by atoms with Gasteiger partial charge >= 0.3 is 0 Å². The zero-order chi connectivity index (χ0) is 14.8. The van der Waals surface area contributed by atoms with Crippen LogP contribution in [0.1, 0.15) is 16.7 Å². The van der Waals surface area contributed by atoms with E-state index in [1.807, 2.05) is 18.2 Å². The Morgan fingerprint density at radius 1 is 1.33 bits per heavy atom. The van der Waals surface area contributed by atoms with Gasteiger partial charge in [0.05, 0.1) is 17.3 Å². The highest BCUT2D eigenvalue weighted by molar-refractivity contribution is 5.56. The maximum Gasteiger partial charge on any atom is 0.142 e.